The zero-order valence-corrected chi connectivity index (χ0v) is 29.5. The number of ether oxygens (including phenoxy) is 2. The fourth-order valence-corrected chi connectivity index (χ4v) is 8.40. The summed E-state index contributed by atoms with van der Waals surface area (Å²) in [6.45, 7) is 0.857. The van der Waals surface area contributed by atoms with Gasteiger partial charge in [0.15, 0.2) is 11.2 Å². The molecule has 19 heteroatoms. The van der Waals surface area contributed by atoms with Gasteiger partial charge in [-0.1, -0.05) is 60.7 Å². The number of anilines is 1. The number of hydrogen-bond donors (Lipinski definition) is 5. The molecule has 3 aromatic heterocycles. The van der Waals surface area contributed by atoms with Gasteiger partial charge in [-0.25, -0.2) is 14.3 Å². The number of imidazole rings is 1. The van der Waals surface area contributed by atoms with Gasteiger partial charge in [-0.3, -0.25) is 37.7 Å². The SMILES string of the molecule is Cc1cn(C2CC(O)C(COP(=O)(OC3CC(n4cnc5c(=O)[nH]c(N)nc54)OC3CO)N(Cc3ccccc3)Cc3ccccc3)O2)c(=O)[nH]c1=O. The van der Waals surface area contributed by atoms with E-state index in [9.17, 15) is 24.6 Å². The van der Waals surface area contributed by atoms with Gasteiger partial charge >= 0.3 is 13.4 Å². The van der Waals surface area contributed by atoms with Crippen LogP contribution in [0, 0.1) is 6.92 Å². The molecule has 2 aliphatic rings. The fourth-order valence-electron chi connectivity index (χ4n) is 6.47. The summed E-state index contributed by atoms with van der Waals surface area (Å²) in [6.07, 6.45) is -3.20. The lowest BCUT2D eigenvalue weighted by molar-refractivity contribution is -0.0555. The minimum Gasteiger partial charge on any atom is -0.394 e. The Morgan fingerprint density at radius 3 is 2.25 bits per heavy atom. The summed E-state index contributed by atoms with van der Waals surface area (Å²) in [7, 11) is -4.40. The molecule has 53 heavy (non-hydrogen) atoms. The molecule has 5 aromatic rings. The second-order valence-electron chi connectivity index (χ2n) is 12.9. The molecule has 0 spiro atoms. The largest absolute Gasteiger partial charge is 0.409 e. The highest BCUT2D eigenvalue weighted by Gasteiger charge is 2.46. The number of aryl methyl sites for hydroxylation is 1. The highest BCUT2D eigenvalue weighted by molar-refractivity contribution is 7.51. The highest BCUT2D eigenvalue weighted by atomic mass is 31.2. The van der Waals surface area contributed by atoms with Crippen molar-refractivity contribution in [3.8, 4) is 0 Å². The average Bonchev–Trinajstić information content (AvgIpc) is 3.86. The van der Waals surface area contributed by atoms with Gasteiger partial charge in [-0.2, -0.15) is 9.65 Å². The number of nitrogens with zero attached hydrogens (tertiary/aromatic N) is 5. The van der Waals surface area contributed by atoms with Crippen LogP contribution in [0.5, 0.6) is 0 Å². The van der Waals surface area contributed by atoms with Crippen molar-refractivity contribution in [2.45, 2.75) is 69.7 Å². The van der Waals surface area contributed by atoms with Gasteiger partial charge in [-0.15, -0.1) is 0 Å². The first kappa shape index (κ1) is 36.6. The van der Waals surface area contributed by atoms with Gasteiger partial charge in [0.05, 0.1) is 25.6 Å². The van der Waals surface area contributed by atoms with Crippen LogP contribution in [0.1, 0.15) is 42.0 Å². The van der Waals surface area contributed by atoms with Crippen molar-refractivity contribution in [3.63, 3.8) is 0 Å². The van der Waals surface area contributed by atoms with Crippen molar-refractivity contribution >= 4 is 24.9 Å². The summed E-state index contributed by atoms with van der Waals surface area (Å²) in [5, 5.41) is 21.5. The summed E-state index contributed by atoms with van der Waals surface area (Å²) in [4.78, 5) is 50.0. The topological polar surface area (TPSA) is 242 Å². The molecule has 2 fully saturated rings. The third-order valence-corrected chi connectivity index (χ3v) is 11.2. The van der Waals surface area contributed by atoms with E-state index < -0.39 is 74.6 Å². The minimum atomic E-state index is -4.40. The number of nitrogens with one attached hydrogen (secondary N) is 2. The van der Waals surface area contributed by atoms with Crippen LogP contribution in [0.2, 0.25) is 0 Å². The predicted molar refractivity (Wildman–Crippen MR) is 189 cm³/mol. The molecule has 2 aliphatic heterocycles. The van der Waals surface area contributed by atoms with Gasteiger partial charge in [0, 0.05) is 37.7 Å². The molecule has 2 aromatic carbocycles. The van der Waals surface area contributed by atoms with Crippen molar-refractivity contribution in [1.29, 1.82) is 0 Å². The van der Waals surface area contributed by atoms with E-state index in [0.29, 0.717) is 0 Å². The third kappa shape index (κ3) is 7.81. The molecule has 0 saturated carbocycles. The molecule has 7 atom stereocenters. The lowest BCUT2D eigenvalue weighted by Crippen LogP contribution is -2.34. The van der Waals surface area contributed by atoms with Gasteiger partial charge in [0.25, 0.3) is 11.1 Å². The van der Waals surface area contributed by atoms with Crippen molar-refractivity contribution in [1.82, 2.24) is 33.7 Å². The van der Waals surface area contributed by atoms with E-state index in [4.69, 9.17) is 24.3 Å². The smallest absolute Gasteiger partial charge is 0.394 e. The monoisotopic (exact) mass is 750 g/mol. The molecule has 18 nitrogen and oxygen atoms in total. The molecular weight excluding hydrogens is 711 g/mol. The zero-order valence-electron chi connectivity index (χ0n) is 28.6. The Balaban J connectivity index is 1.20. The molecule has 7 rings (SSSR count). The Bertz CT molecular complexity index is 2240. The maximum Gasteiger partial charge on any atom is 0.409 e. The average molecular weight is 751 g/mol. The van der Waals surface area contributed by atoms with Crippen molar-refractivity contribution < 1.29 is 33.3 Å². The molecule has 0 amide bonds. The van der Waals surface area contributed by atoms with Crippen molar-refractivity contribution in [2.24, 2.45) is 0 Å². The second-order valence-corrected chi connectivity index (χ2v) is 14.9. The van der Waals surface area contributed by atoms with Crippen LogP contribution in [-0.4, -0.2) is 81.6 Å². The molecule has 5 heterocycles. The predicted octanol–water partition coefficient (Wildman–Crippen LogP) is 1.70. The molecule has 280 valence electrons. The highest BCUT2D eigenvalue weighted by Crippen LogP contribution is 2.57. The summed E-state index contributed by atoms with van der Waals surface area (Å²) in [6, 6.07) is 18.6. The van der Waals surface area contributed by atoms with Crippen LogP contribution in [0.15, 0.2) is 87.6 Å². The number of benzene rings is 2. The van der Waals surface area contributed by atoms with Crippen LogP contribution in [-0.2, 0) is 36.2 Å². The number of aromatic amines is 2. The number of fused-ring (bicyclic) bond motifs is 1. The zero-order chi connectivity index (χ0) is 37.3. The quantitative estimate of drug-likeness (QED) is 0.108. The normalized spacial score (nSPS) is 24.2. The lowest BCUT2D eigenvalue weighted by Gasteiger charge is -2.33. The Morgan fingerprint density at radius 1 is 0.943 bits per heavy atom. The Hall–Kier alpha value is -4.78. The molecule has 6 N–H and O–H groups in total. The van der Waals surface area contributed by atoms with Gasteiger partial charge in [-0.05, 0) is 18.1 Å². The summed E-state index contributed by atoms with van der Waals surface area (Å²) in [5.74, 6) is -0.122. The Labute approximate surface area is 301 Å². The third-order valence-electron chi connectivity index (χ3n) is 9.21. The Kier molecular flexibility index (Phi) is 10.6. The van der Waals surface area contributed by atoms with E-state index in [1.165, 1.54) is 21.7 Å². The van der Waals surface area contributed by atoms with Crippen LogP contribution >= 0.6 is 7.75 Å². The molecule has 7 unspecified atom stereocenters. The number of rotatable bonds is 13. The fraction of sp³-hybridized carbons (Fsp3) is 0.382. The number of aliphatic hydroxyl groups excluding tert-OH is 2. The number of nitrogens with two attached hydrogens (primary N) is 1. The standard InChI is InChI=1S/C34H39N8O10P/c1-20-14-41(34(47)39-31(20)45)27-12-23(44)26(51-27)18-49-53(48,40(15-21-8-4-2-5-9-21)16-22-10-6-3-7-11-22)52-24-13-28(50-25(24)17-43)42-19-36-29-30(42)37-33(35)38-32(29)46/h2-11,14,19,23-28,43-44H,12-13,15-18H2,1H3,(H,39,45,47)(H3,35,37,38,46). The van der Waals surface area contributed by atoms with Gasteiger partial charge < -0.3 is 25.4 Å². The van der Waals surface area contributed by atoms with Crippen LogP contribution in [0.25, 0.3) is 11.2 Å². The van der Waals surface area contributed by atoms with Gasteiger partial charge in [0.1, 0.15) is 30.8 Å². The first-order valence-corrected chi connectivity index (χ1v) is 18.4. The summed E-state index contributed by atoms with van der Waals surface area (Å²) in [5.41, 5.74) is 6.10. The molecule has 0 aliphatic carbocycles. The van der Waals surface area contributed by atoms with Crippen LogP contribution in [0.4, 0.5) is 5.95 Å². The number of aliphatic hydroxyl groups is 2. The van der Waals surface area contributed by atoms with E-state index in [-0.39, 0.29) is 48.6 Å². The number of nitrogen functional groups attached to an aromatic ring is 1. The van der Waals surface area contributed by atoms with E-state index in [0.717, 1.165) is 11.1 Å². The van der Waals surface area contributed by atoms with E-state index in [2.05, 4.69) is 19.9 Å². The second kappa shape index (κ2) is 15.3. The number of aromatic nitrogens is 6. The first-order chi connectivity index (χ1) is 25.5. The van der Waals surface area contributed by atoms with Crippen LogP contribution < -0.4 is 22.5 Å². The molecule has 0 bridgehead atoms. The van der Waals surface area contributed by atoms with Crippen LogP contribution in [0.3, 0.4) is 0 Å². The van der Waals surface area contributed by atoms with E-state index in [1.54, 1.807) is 11.6 Å². The lowest BCUT2D eigenvalue weighted by atomic mass is 10.2. The molecular formula is C34H39N8O10P. The summed E-state index contributed by atoms with van der Waals surface area (Å²) < 4.78 is 44.5. The maximum absolute atomic E-state index is 15.4. The van der Waals surface area contributed by atoms with E-state index >= 15 is 4.57 Å². The molecule has 0 radical (unpaired) electrons. The van der Waals surface area contributed by atoms with Crippen molar-refractivity contribution in [2.75, 3.05) is 18.9 Å². The summed E-state index contributed by atoms with van der Waals surface area (Å²) >= 11 is 0. The number of hydrogen-bond acceptors (Lipinski definition) is 13. The van der Waals surface area contributed by atoms with Gasteiger partial charge in [0.2, 0.25) is 5.95 Å². The Morgan fingerprint density at radius 2 is 1.58 bits per heavy atom. The minimum absolute atomic E-state index is 0.00665. The van der Waals surface area contributed by atoms with Crippen molar-refractivity contribution in [3.05, 3.63) is 121 Å². The van der Waals surface area contributed by atoms with E-state index in [1.807, 2.05) is 60.7 Å². The molecule has 2 saturated heterocycles. The maximum atomic E-state index is 15.4. The first-order valence-electron chi connectivity index (χ1n) is 16.9. The number of H-pyrrole nitrogens is 2.